The van der Waals surface area contributed by atoms with Crippen LogP contribution in [0.1, 0.15) is 19.8 Å². The van der Waals surface area contributed by atoms with Crippen LogP contribution in [0.4, 0.5) is 0 Å². The zero-order valence-corrected chi connectivity index (χ0v) is 5.80. The van der Waals surface area contributed by atoms with E-state index in [9.17, 15) is 0 Å². The second-order valence-corrected chi connectivity index (χ2v) is 1.91. The van der Waals surface area contributed by atoms with Crippen LogP contribution in [0.5, 0.6) is 0 Å². The average molecular weight is 116 g/mol. The van der Waals surface area contributed by atoms with Crippen molar-refractivity contribution < 1.29 is 0 Å². The van der Waals surface area contributed by atoms with Gasteiger partial charge in [0.05, 0.1) is 0 Å². The maximum atomic E-state index is 4.50. The second-order valence-electron chi connectivity index (χ2n) is 1.91. The lowest BCUT2D eigenvalue weighted by molar-refractivity contribution is 0.951. The van der Waals surface area contributed by atoms with Gasteiger partial charge in [-0.2, -0.15) is 0 Å². The van der Waals surface area contributed by atoms with Crippen LogP contribution < -0.4 is 0 Å². The number of aliphatic imine (C=N–C) groups is 1. The third-order valence-corrected chi connectivity index (χ3v) is 1.08. The Kier molecular flexibility index (Phi) is 5.90. The molecule has 0 saturated carbocycles. The average Bonchev–Trinajstić information content (AvgIpc) is 2.20. The Labute approximate surface area is 60.4 Å². The summed E-state index contributed by atoms with van der Waals surface area (Å²) in [6.45, 7) is 3.17. The van der Waals surface area contributed by atoms with Gasteiger partial charge in [0.15, 0.2) is 0 Å². The maximum absolute atomic E-state index is 4.50. The fourth-order valence-corrected chi connectivity index (χ4v) is 0.684. The summed E-state index contributed by atoms with van der Waals surface area (Å²) in [7, 11) is 10.0. The molecule has 0 fully saturated rings. The van der Waals surface area contributed by atoms with E-state index in [0.717, 1.165) is 13.6 Å². The van der Waals surface area contributed by atoms with E-state index < -0.39 is 0 Å². The van der Waals surface area contributed by atoms with Crippen molar-refractivity contribution in [2.75, 3.05) is 6.54 Å². The molecule has 1 nitrogen and oxygen atoms in total. The van der Waals surface area contributed by atoms with Crippen LogP contribution in [0.2, 0.25) is 0 Å². The summed E-state index contributed by atoms with van der Waals surface area (Å²) in [5.41, 5.74) is 1.33. The monoisotopic (exact) mass is 116 g/mol. The van der Waals surface area contributed by atoms with Crippen molar-refractivity contribution in [1.29, 1.82) is 0 Å². The molecule has 1 rings (SSSR count). The minimum atomic E-state index is 1.00. The van der Waals surface area contributed by atoms with E-state index in [2.05, 4.69) is 27.4 Å². The molecule has 5 radical (unpaired) electrons. The Morgan fingerprint density at radius 3 is 2.22 bits per heavy atom. The van der Waals surface area contributed by atoms with Crippen molar-refractivity contribution in [3.63, 3.8) is 0 Å². The minimum absolute atomic E-state index is 1.00. The molecule has 0 spiro atoms. The highest BCUT2D eigenvalue weighted by Gasteiger charge is 1.96. The van der Waals surface area contributed by atoms with E-state index in [1.54, 1.807) is 0 Å². The summed E-state index contributed by atoms with van der Waals surface area (Å²) in [5, 5.41) is 0. The summed E-state index contributed by atoms with van der Waals surface area (Å²) in [4.78, 5) is 4.15. The maximum Gasteiger partial charge on any atom is 0.0392 e. The molecule has 0 bridgehead atoms. The molecule has 0 aromatic rings. The van der Waals surface area contributed by atoms with Gasteiger partial charge in [0, 0.05) is 34.8 Å². The third kappa shape index (κ3) is 5.74. The van der Waals surface area contributed by atoms with Crippen molar-refractivity contribution in [3.05, 3.63) is 0 Å². The van der Waals surface area contributed by atoms with Crippen molar-refractivity contribution in [3.8, 4) is 0 Å². The Morgan fingerprint density at radius 2 is 2.11 bits per heavy atom. The first-order valence-electron chi connectivity index (χ1n) is 3.06. The lowest BCUT2D eigenvalue weighted by atomic mass is 9.40. The molecular weight excluding hydrogens is 106 g/mol. The summed E-state index contributed by atoms with van der Waals surface area (Å²) >= 11 is 0. The molecule has 1 heterocycles. The third-order valence-electron chi connectivity index (χ3n) is 1.08. The fourth-order valence-electron chi connectivity index (χ4n) is 0.684. The van der Waals surface area contributed by atoms with Crippen LogP contribution in [0.15, 0.2) is 4.99 Å². The van der Waals surface area contributed by atoms with E-state index >= 15 is 0 Å². The Bertz CT molecular complexity index is 92.2. The molecule has 0 amide bonds. The summed E-state index contributed by atoms with van der Waals surface area (Å²) < 4.78 is 0. The van der Waals surface area contributed by atoms with Crippen molar-refractivity contribution in [2.45, 2.75) is 19.8 Å². The molecule has 0 aliphatic carbocycles. The van der Waals surface area contributed by atoms with Gasteiger partial charge in [-0.15, -0.1) is 0 Å². The quantitative estimate of drug-likeness (QED) is 0.397. The van der Waals surface area contributed by atoms with E-state index in [1.807, 2.05) is 0 Å². The van der Waals surface area contributed by atoms with Gasteiger partial charge < -0.3 is 0 Å². The van der Waals surface area contributed by atoms with Crippen molar-refractivity contribution in [1.82, 2.24) is 0 Å². The Balaban J connectivity index is 0.000000187. The fraction of sp³-hybridized carbons (Fsp3) is 0.800. The summed E-state index contributed by atoms with van der Waals surface area (Å²) in [5.74, 6) is 0. The minimum Gasteiger partial charge on any atom is -0.294 e. The number of nitrogens with zero attached hydrogens (tertiary/aromatic N) is 1. The number of rotatable bonds is 0. The van der Waals surface area contributed by atoms with E-state index in [-0.39, 0.29) is 0 Å². The van der Waals surface area contributed by atoms with Gasteiger partial charge in [-0.05, 0) is 19.8 Å². The summed E-state index contributed by atoms with van der Waals surface area (Å²) in [6.07, 6.45) is 2.52. The highest BCUT2D eigenvalue weighted by Crippen LogP contribution is 2.00. The number of hydrogen-bond donors (Lipinski definition) is 0. The molecule has 0 aromatic carbocycles. The molecule has 9 heavy (non-hydrogen) atoms. The lowest BCUT2D eigenvalue weighted by Gasteiger charge is -1.76. The van der Waals surface area contributed by atoms with Crippen molar-refractivity contribution >= 4 is 28.2 Å². The topological polar surface area (TPSA) is 12.4 Å². The Morgan fingerprint density at radius 1 is 1.56 bits per heavy atom. The van der Waals surface area contributed by atoms with Gasteiger partial charge in [0.25, 0.3) is 0 Å². The molecule has 1 aliphatic rings. The normalized spacial score (nSPS) is 15.4. The molecule has 0 unspecified atom stereocenters. The molecule has 0 N–H and O–H groups in total. The first-order chi connectivity index (χ1) is 4.31. The largest absolute Gasteiger partial charge is 0.294 e. The smallest absolute Gasteiger partial charge is 0.0392 e. The summed E-state index contributed by atoms with van der Waals surface area (Å²) in [6, 6.07) is 0. The molecule has 4 heteroatoms. The standard InChI is InChI=1S/C5H9N.B3/c1-5-3-2-4-6-5;1-3-2/h2-4H2,1H3;. The van der Waals surface area contributed by atoms with E-state index in [1.165, 1.54) is 18.6 Å². The van der Waals surface area contributed by atoms with Crippen LogP contribution >= 0.6 is 0 Å². The first kappa shape index (κ1) is 8.86. The molecule has 1 aliphatic heterocycles. The van der Waals surface area contributed by atoms with Gasteiger partial charge in [-0.25, -0.2) is 0 Å². The molecular formula is C5H9B3N. The zero-order chi connectivity index (χ0) is 7.11. The van der Waals surface area contributed by atoms with Crippen LogP contribution in [0.3, 0.4) is 0 Å². The zero-order valence-electron chi connectivity index (χ0n) is 5.80. The van der Waals surface area contributed by atoms with Gasteiger partial charge in [0.1, 0.15) is 0 Å². The first-order valence-corrected chi connectivity index (χ1v) is 3.06. The van der Waals surface area contributed by atoms with Crippen molar-refractivity contribution in [2.24, 2.45) is 4.99 Å². The van der Waals surface area contributed by atoms with Crippen LogP contribution in [0, 0.1) is 0 Å². The van der Waals surface area contributed by atoms with Gasteiger partial charge in [-0.1, -0.05) is 0 Å². The van der Waals surface area contributed by atoms with Crippen LogP contribution in [-0.2, 0) is 0 Å². The van der Waals surface area contributed by atoms with Crippen LogP contribution in [-0.4, -0.2) is 34.8 Å². The van der Waals surface area contributed by atoms with Crippen LogP contribution in [0.25, 0.3) is 0 Å². The van der Waals surface area contributed by atoms with E-state index in [4.69, 9.17) is 0 Å². The highest BCUT2D eigenvalue weighted by atomic mass is 14.7. The predicted octanol–water partition coefficient (Wildman–Crippen LogP) is 0.0987. The van der Waals surface area contributed by atoms with Gasteiger partial charge in [0.2, 0.25) is 0 Å². The number of hydrogen-bond acceptors (Lipinski definition) is 1. The van der Waals surface area contributed by atoms with Gasteiger partial charge in [-0.3, -0.25) is 4.99 Å². The molecule has 0 atom stereocenters. The molecule has 0 aromatic heterocycles. The lowest BCUT2D eigenvalue weighted by Crippen LogP contribution is -1.79. The van der Waals surface area contributed by atoms with E-state index in [0.29, 0.717) is 0 Å². The molecule has 43 valence electrons. The second kappa shape index (κ2) is 5.99. The SMILES string of the molecule is CC1=NCCC1.[B][B][B]. The predicted molar refractivity (Wildman–Crippen MR) is 44.5 cm³/mol. The highest BCUT2D eigenvalue weighted by molar-refractivity contribution is 7.17. The Hall–Kier alpha value is -0.135. The molecule has 0 saturated heterocycles. The van der Waals surface area contributed by atoms with Gasteiger partial charge >= 0.3 is 0 Å².